The molecular weight excluding hydrogens is 402 g/mol. The van der Waals surface area contributed by atoms with E-state index in [2.05, 4.69) is 42.6 Å². The normalized spacial score (nSPS) is 22.0. The van der Waals surface area contributed by atoms with Crippen molar-refractivity contribution in [2.45, 2.75) is 38.4 Å². The Balaban J connectivity index is 1.58. The van der Waals surface area contributed by atoms with Gasteiger partial charge in [0, 0.05) is 36.7 Å². The molecule has 0 unspecified atom stereocenters. The van der Waals surface area contributed by atoms with E-state index in [1.54, 1.807) is 12.1 Å². The number of nitro groups is 1. The second-order valence-corrected chi connectivity index (χ2v) is 8.72. The molecule has 1 fully saturated rings. The van der Waals surface area contributed by atoms with Crippen molar-refractivity contribution in [3.8, 4) is 0 Å². The highest BCUT2D eigenvalue weighted by Gasteiger charge is 2.45. The van der Waals surface area contributed by atoms with Gasteiger partial charge in [-0.05, 0) is 36.1 Å². The highest BCUT2D eigenvalue weighted by molar-refractivity contribution is 5.79. The predicted molar refractivity (Wildman–Crippen MR) is 123 cm³/mol. The van der Waals surface area contributed by atoms with E-state index >= 15 is 0 Å². The molecule has 0 saturated carbocycles. The zero-order valence-electron chi connectivity index (χ0n) is 17.9. The number of carbonyl (C=O) groups is 1. The standard InChI is InChI=1S/C26H25N3O3/c1-17-7-13-23-22(15-17)26-21(25(27-23)19-8-10-20(11-9-19)29(31)32)12-14-24(30)28(26)16-18-5-3-2-4-6-18/h2-11,13,15,21,25-27H,12,14,16H2,1H3/t21-,25-,26-/m0/s1. The van der Waals surface area contributed by atoms with Gasteiger partial charge >= 0.3 is 0 Å². The molecule has 6 nitrogen and oxygen atoms in total. The number of fused-ring (bicyclic) bond motifs is 3. The second kappa shape index (κ2) is 8.11. The molecule has 0 aliphatic carbocycles. The summed E-state index contributed by atoms with van der Waals surface area (Å²) in [6, 6.07) is 23.2. The minimum atomic E-state index is -0.375. The van der Waals surface area contributed by atoms with Crippen LogP contribution in [0.15, 0.2) is 72.8 Å². The molecule has 3 aromatic rings. The number of benzene rings is 3. The third kappa shape index (κ3) is 3.62. The van der Waals surface area contributed by atoms with Crippen LogP contribution in [-0.2, 0) is 11.3 Å². The molecule has 3 atom stereocenters. The van der Waals surface area contributed by atoms with E-state index in [1.807, 2.05) is 35.2 Å². The van der Waals surface area contributed by atoms with Gasteiger partial charge in [0.15, 0.2) is 0 Å². The summed E-state index contributed by atoms with van der Waals surface area (Å²) in [5.74, 6) is 0.346. The van der Waals surface area contributed by atoms with E-state index < -0.39 is 0 Å². The third-order valence-electron chi connectivity index (χ3n) is 6.68. The van der Waals surface area contributed by atoms with Crippen LogP contribution in [0.4, 0.5) is 11.4 Å². The van der Waals surface area contributed by atoms with Gasteiger partial charge in [0.2, 0.25) is 5.91 Å². The Kier molecular flexibility index (Phi) is 5.13. The Morgan fingerprint density at radius 3 is 2.53 bits per heavy atom. The number of piperidine rings is 1. The Labute approximate surface area is 187 Å². The maximum Gasteiger partial charge on any atom is 0.269 e. The van der Waals surface area contributed by atoms with Gasteiger partial charge in [0.1, 0.15) is 0 Å². The van der Waals surface area contributed by atoms with Crippen molar-refractivity contribution in [3.05, 3.63) is 105 Å². The number of aryl methyl sites for hydroxylation is 1. The summed E-state index contributed by atoms with van der Waals surface area (Å²) in [7, 11) is 0. The maximum absolute atomic E-state index is 13.1. The topological polar surface area (TPSA) is 75.5 Å². The monoisotopic (exact) mass is 427 g/mol. The molecule has 1 N–H and O–H groups in total. The number of rotatable bonds is 4. The van der Waals surface area contributed by atoms with E-state index in [1.165, 1.54) is 0 Å². The Morgan fingerprint density at radius 1 is 1.06 bits per heavy atom. The van der Waals surface area contributed by atoms with Crippen LogP contribution in [0, 0.1) is 23.0 Å². The Bertz CT molecular complexity index is 1160. The molecule has 0 bridgehead atoms. The fraction of sp³-hybridized carbons (Fsp3) is 0.269. The number of hydrogen-bond acceptors (Lipinski definition) is 4. The summed E-state index contributed by atoms with van der Waals surface area (Å²) in [6.07, 6.45) is 1.27. The van der Waals surface area contributed by atoms with Crippen LogP contribution in [0.2, 0.25) is 0 Å². The van der Waals surface area contributed by atoms with Crippen LogP contribution >= 0.6 is 0 Å². The lowest BCUT2D eigenvalue weighted by Gasteiger charge is -2.49. The minimum Gasteiger partial charge on any atom is -0.378 e. The van der Waals surface area contributed by atoms with Crippen LogP contribution in [-0.4, -0.2) is 15.7 Å². The lowest BCUT2D eigenvalue weighted by molar-refractivity contribution is -0.384. The average Bonchev–Trinajstić information content (AvgIpc) is 2.81. The molecule has 1 amide bonds. The number of nitrogens with one attached hydrogen (secondary N) is 1. The molecule has 2 aliphatic heterocycles. The summed E-state index contributed by atoms with van der Waals surface area (Å²) >= 11 is 0. The van der Waals surface area contributed by atoms with Crippen LogP contribution in [0.3, 0.4) is 0 Å². The van der Waals surface area contributed by atoms with E-state index in [0.29, 0.717) is 13.0 Å². The summed E-state index contributed by atoms with van der Waals surface area (Å²) in [4.78, 5) is 25.9. The molecule has 162 valence electrons. The zero-order valence-corrected chi connectivity index (χ0v) is 17.9. The van der Waals surface area contributed by atoms with Gasteiger partial charge in [-0.3, -0.25) is 14.9 Å². The summed E-state index contributed by atoms with van der Waals surface area (Å²) in [6.45, 7) is 2.64. The first kappa shape index (κ1) is 20.2. The molecule has 2 aliphatic rings. The lowest BCUT2D eigenvalue weighted by Crippen LogP contribution is -2.47. The van der Waals surface area contributed by atoms with Crippen molar-refractivity contribution in [2.24, 2.45) is 5.92 Å². The first-order valence-electron chi connectivity index (χ1n) is 11.0. The van der Waals surface area contributed by atoms with Crippen molar-refractivity contribution < 1.29 is 9.72 Å². The number of non-ortho nitro benzene ring substituents is 1. The minimum absolute atomic E-state index is 0.0256. The van der Waals surface area contributed by atoms with Crippen LogP contribution in [0.25, 0.3) is 0 Å². The van der Waals surface area contributed by atoms with Gasteiger partial charge in [0.25, 0.3) is 5.69 Å². The first-order chi connectivity index (χ1) is 15.5. The van der Waals surface area contributed by atoms with Crippen LogP contribution in [0.1, 0.15) is 47.2 Å². The number of nitrogens with zero attached hydrogens (tertiary/aromatic N) is 2. The van der Waals surface area contributed by atoms with E-state index in [4.69, 9.17) is 0 Å². The van der Waals surface area contributed by atoms with E-state index in [0.717, 1.165) is 34.4 Å². The number of amides is 1. The molecule has 5 rings (SSSR count). The number of nitro benzene ring substituents is 1. The second-order valence-electron chi connectivity index (χ2n) is 8.72. The van der Waals surface area contributed by atoms with Crippen molar-refractivity contribution in [3.63, 3.8) is 0 Å². The first-order valence-corrected chi connectivity index (χ1v) is 11.0. The highest BCUT2D eigenvalue weighted by Crippen LogP contribution is 2.51. The van der Waals surface area contributed by atoms with Crippen LogP contribution < -0.4 is 5.32 Å². The van der Waals surface area contributed by atoms with Gasteiger partial charge in [-0.25, -0.2) is 0 Å². The van der Waals surface area contributed by atoms with Crippen molar-refractivity contribution in [1.82, 2.24) is 4.90 Å². The smallest absolute Gasteiger partial charge is 0.269 e. The average molecular weight is 428 g/mol. The van der Waals surface area contributed by atoms with Crippen molar-refractivity contribution in [1.29, 1.82) is 0 Å². The van der Waals surface area contributed by atoms with Crippen molar-refractivity contribution in [2.75, 3.05) is 5.32 Å². The SMILES string of the molecule is Cc1ccc2c(c1)[C@@H]1[C@@H](CCC(=O)N1Cc1ccccc1)[C@H](c1ccc([N+](=O)[O-])cc1)N2. The molecule has 0 spiro atoms. The fourth-order valence-corrected chi connectivity index (χ4v) is 5.16. The zero-order chi connectivity index (χ0) is 22.2. The quantitative estimate of drug-likeness (QED) is 0.437. The predicted octanol–water partition coefficient (Wildman–Crippen LogP) is 5.55. The van der Waals surface area contributed by atoms with Gasteiger partial charge in [-0.15, -0.1) is 0 Å². The molecule has 0 radical (unpaired) electrons. The fourth-order valence-electron chi connectivity index (χ4n) is 5.16. The van der Waals surface area contributed by atoms with Gasteiger partial charge in [0.05, 0.1) is 17.0 Å². The number of carbonyl (C=O) groups excluding carboxylic acids is 1. The van der Waals surface area contributed by atoms with Gasteiger partial charge < -0.3 is 10.2 Å². The number of anilines is 1. The van der Waals surface area contributed by atoms with Gasteiger partial charge in [-0.1, -0.05) is 60.2 Å². The summed E-state index contributed by atoms with van der Waals surface area (Å²) < 4.78 is 0. The molecular formula is C26H25N3O3. The largest absolute Gasteiger partial charge is 0.378 e. The lowest BCUT2D eigenvalue weighted by atomic mass is 9.74. The van der Waals surface area contributed by atoms with E-state index in [9.17, 15) is 14.9 Å². The molecule has 2 heterocycles. The summed E-state index contributed by atoms with van der Waals surface area (Å²) in [5.41, 5.74) is 5.54. The van der Waals surface area contributed by atoms with Crippen molar-refractivity contribution >= 4 is 17.3 Å². The molecule has 6 heteroatoms. The molecule has 32 heavy (non-hydrogen) atoms. The van der Waals surface area contributed by atoms with Crippen LogP contribution in [0.5, 0.6) is 0 Å². The number of likely N-dealkylation sites (tertiary alicyclic amines) is 1. The highest BCUT2D eigenvalue weighted by atomic mass is 16.6. The Hall–Kier alpha value is -3.67. The maximum atomic E-state index is 13.1. The summed E-state index contributed by atoms with van der Waals surface area (Å²) in [5, 5.41) is 14.8. The Morgan fingerprint density at radius 2 is 1.81 bits per heavy atom. The number of hydrogen-bond donors (Lipinski definition) is 1. The molecule has 1 saturated heterocycles. The van der Waals surface area contributed by atoms with Gasteiger partial charge in [-0.2, -0.15) is 0 Å². The van der Waals surface area contributed by atoms with E-state index in [-0.39, 0.29) is 34.5 Å². The molecule has 0 aromatic heterocycles. The molecule has 3 aromatic carbocycles. The third-order valence-corrected chi connectivity index (χ3v) is 6.68.